The van der Waals surface area contributed by atoms with E-state index < -0.39 is 5.60 Å². The molecule has 0 spiro atoms. The first-order valence-electron chi connectivity index (χ1n) is 7.55. The van der Waals surface area contributed by atoms with Gasteiger partial charge in [0.15, 0.2) is 5.60 Å². The molecule has 0 unspecified atom stereocenters. The van der Waals surface area contributed by atoms with Gasteiger partial charge in [-0.2, -0.15) is 5.26 Å². The molecule has 1 aliphatic rings. The molecule has 0 saturated carbocycles. The predicted molar refractivity (Wildman–Crippen MR) is 82.3 cm³/mol. The third-order valence-electron chi connectivity index (χ3n) is 4.03. The van der Waals surface area contributed by atoms with Crippen molar-refractivity contribution in [2.75, 3.05) is 19.7 Å². The highest BCUT2D eigenvalue weighted by Gasteiger charge is 2.35. The molecule has 1 aliphatic heterocycles. The molecular formula is C17H22N2O3. The molecule has 0 radical (unpaired) electrons. The van der Waals surface area contributed by atoms with Crippen LogP contribution in [0.15, 0.2) is 24.3 Å². The largest absolute Gasteiger partial charge is 0.478 e. The number of ether oxygens (including phenoxy) is 1. The molecule has 5 heteroatoms. The van der Waals surface area contributed by atoms with Gasteiger partial charge < -0.3 is 14.7 Å². The SMILES string of the molecule is CC(C)(Oc1ccc(C#N)cc1)C(=O)N1CCC(CO)CC1. The van der Waals surface area contributed by atoms with E-state index in [1.165, 1.54) is 0 Å². The maximum Gasteiger partial charge on any atom is 0.266 e. The number of carbonyl (C=O) groups is 1. The number of carbonyl (C=O) groups excluding carboxylic acids is 1. The van der Waals surface area contributed by atoms with Crippen molar-refractivity contribution in [1.82, 2.24) is 4.90 Å². The number of aliphatic hydroxyl groups excluding tert-OH is 1. The van der Waals surface area contributed by atoms with Crippen LogP contribution in [0.2, 0.25) is 0 Å². The number of aliphatic hydroxyl groups is 1. The maximum absolute atomic E-state index is 12.6. The molecule has 0 atom stereocenters. The summed E-state index contributed by atoms with van der Waals surface area (Å²) in [4.78, 5) is 14.4. The molecule has 0 bridgehead atoms. The first-order chi connectivity index (χ1) is 10.5. The normalized spacial score (nSPS) is 16.2. The van der Waals surface area contributed by atoms with Crippen molar-refractivity contribution in [1.29, 1.82) is 5.26 Å². The molecule has 1 heterocycles. The van der Waals surface area contributed by atoms with E-state index in [0.717, 1.165) is 12.8 Å². The highest BCUT2D eigenvalue weighted by atomic mass is 16.5. The highest BCUT2D eigenvalue weighted by molar-refractivity contribution is 5.84. The zero-order chi connectivity index (χ0) is 16.2. The van der Waals surface area contributed by atoms with Gasteiger partial charge in [0.2, 0.25) is 0 Å². The molecule has 1 fully saturated rings. The number of amides is 1. The van der Waals surface area contributed by atoms with Crippen LogP contribution in [0, 0.1) is 17.2 Å². The lowest BCUT2D eigenvalue weighted by Crippen LogP contribution is -2.51. The lowest BCUT2D eigenvalue weighted by molar-refractivity contribution is -0.147. The molecule has 0 aromatic heterocycles. The quantitative estimate of drug-likeness (QED) is 0.922. The van der Waals surface area contributed by atoms with Crippen molar-refractivity contribution in [3.8, 4) is 11.8 Å². The first kappa shape index (κ1) is 16.3. The van der Waals surface area contributed by atoms with Gasteiger partial charge in [-0.05, 0) is 56.9 Å². The molecular weight excluding hydrogens is 280 g/mol. The van der Waals surface area contributed by atoms with Crippen LogP contribution in [-0.4, -0.2) is 41.2 Å². The van der Waals surface area contributed by atoms with Gasteiger partial charge in [-0.1, -0.05) is 0 Å². The molecule has 22 heavy (non-hydrogen) atoms. The van der Waals surface area contributed by atoms with Gasteiger partial charge in [0.25, 0.3) is 5.91 Å². The molecule has 1 N–H and O–H groups in total. The van der Waals surface area contributed by atoms with E-state index in [0.29, 0.717) is 30.3 Å². The number of benzene rings is 1. The Hall–Kier alpha value is -2.06. The molecule has 0 aliphatic carbocycles. The van der Waals surface area contributed by atoms with Crippen LogP contribution in [0.3, 0.4) is 0 Å². The van der Waals surface area contributed by atoms with Crippen molar-refractivity contribution in [3.63, 3.8) is 0 Å². The van der Waals surface area contributed by atoms with Gasteiger partial charge in [-0.25, -0.2) is 0 Å². The topological polar surface area (TPSA) is 73.6 Å². The van der Waals surface area contributed by atoms with E-state index >= 15 is 0 Å². The van der Waals surface area contributed by atoms with Gasteiger partial charge in [-0.3, -0.25) is 4.79 Å². The zero-order valence-electron chi connectivity index (χ0n) is 13.1. The van der Waals surface area contributed by atoms with Gasteiger partial charge in [0, 0.05) is 19.7 Å². The number of nitriles is 1. The number of rotatable bonds is 4. The molecule has 1 aromatic carbocycles. The standard InChI is InChI=1S/C17H22N2O3/c1-17(2,22-15-5-3-13(11-18)4-6-15)16(21)19-9-7-14(12-20)8-10-19/h3-6,14,20H,7-10,12H2,1-2H3. The van der Waals surface area contributed by atoms with Crippen LogP contribution in [0.25, 0.3) is 0 Å². The van der Waals surface area contributed by atoms with Crippen molar-refractivity contribution in [2.24, 2.45) is 5.92 Å². The van der Waals surface area contributed by atoms with E-state index in [4.69, 9.17) is 15.1 Å². The fourth-order valence-electron chi connectivity index (χ4n) is 2.64. The average molecular weight is 302 g/mol. The fraction of sp³-hybridized carbons (Fsp3) is 0.529. The van der Waals surface area contributed by atoms with Gasteiger partial charge in [-0.15, -0.1) is 0 Å². The number of hydrogen-bond donors (Lipinski definition) is 1. The summed E-state index contributed by atoms with van der Waals surface area (Å²) < 4.78 is 5.82. The monoisotopic (exact) mass is 302 g/mol. The van der Waals surface area contributed by atoms with Gasteiger partial charge in [0.1, 0.15) is 5.75 Å². The Kier molecular flexibility index (Phi) is 5.04. The number of nitrogens with zero attached hydrogens (tertiary/aromatic N) is 2. The molecule has 5 nitrogen and oxygen atoms in total. The fourth-order valence-corrected chi connectivity index (χ4v) is 2.64. The Morgan fingerprint density at radius 2 is 1.95 bits per heavy atom. The van der Waals surface area contributed by atoms with Crippen LogP contribution in [-0.2, 0) is 4.79 Å². The van der Waals surface area contributed by atoms with Crippen molar-refractivity contribution in [2.45, 2.75) is 32.3 Å². The number of hydrogen-bond acceptors (Lipinski definition) is 4. The van der Waals surface area contributed by atoms with E-state index in [1.807, 2.05) is 6.07 Å². The van der Waals surface area contributed by atoms with Crippen LogP contribution in [0.1, 0.15) is 32.3 Å². The molecule has 1 amide bonds. The van der Waals surface area contributed by atoms with Crippen molar-refractivity contribution < 1.29 is 14.6 Å². The van der Waals surface area contributed by atoms with Gasteiger partial charge >= 0.3 is 0 Å². The summed E-state index contributed by atoms with van der Waals surface area (Å²) in [6, 6.07) is 8.79. The second-order valence-corrected chi connectivity index (χ2v) is 6.17. The Balaban J connectivity index is 1.99. The second-order valence-electron chi connectivity index (χ2n) is 6.17. The Bertz CT molecular complexity index is 552. The smallest absolute Gasteiger partial charge is 0.266 e. The molecule has 118 valence electrons. The Morgan fingerprint density at radius 3 is 2.45 bits per heavy atom. The van der Waals surface area contributed by atoms with Crippen LogP contribution < -0.4 is 4.74 Å². The van der Waals surface area contributed by atoms with E-state index in [9.17, 15) is 4.79 Å². The molecule has 1 aromatic rings. The Morgan fingerprint density at radius 1 is 1.36 bits per heavy atom. The summed E-state index contributed by atoms with van der Waals surface area (Å²) in [6.07, 6.45) is 1.66. The number of piperidine rings is 1. The van der Waals surface area contributed by atoms with Crippen LogP contribution in [0.4, 0.5) is 0 Å². The predicted octanol–water partition coefficient (Wildman–Crippen LogP) is 1.95. The summed E-state index contributed by atoms with van der Waals surface area (Å²) in [5, 5.41) is 18.0. The average Bonchev–Trinajstić information content (AvgIpc) is 2.54. The lowest BCUT2D eigenvalue weighted by atomic mass is 9.96. The Labute approximate surface area is 131 Å². The molecule has 1 saturated heterocycles. The minimum absolute atomic E-state index is 0.0479. The summed E-state index contributed by atoms with van der Waals surface area (Å²) in [6.45, 7) is 5.01. The lowest BCUT2D eigenvalue weighted by Gasteiger charge is -2.36. The number of likely N-dealkylation sites (tertiary alicyclic amines) is 1. The third-order valence-corrected chi connectivity index (χ3v) is 4.03. The van der Waals surface area contributed by atoms with E-state index in [2.05, 4.69) is 0 Å². The summed E-state index contributed by atoms with van der Waals surface area (Å²) >= 11 is 0. The minimum atomic E-state index is -0.958. The van der Waals surface area contributed by atoms with E-state index in [-0.39, 0.29) is 12.5 Å². The first-order valence-corrected chi connectivity index (χ1v) is 7.55. The van der Waals surface area contributed by atoms with Gasteiger partial charge in [0.05, 0.1) is 11.6 Å². The third kappa shape index (κ3) is 3.77. The summed E-state index contributed by atoms with van der Waals surface area (Å²) in [5.74, 6) is 0.822. The van der Waals surface area contributed by atoms with E-state index in [1.54, 1.807) is 43.0 Å². The maximum atomic E-state index is 12.6. The second kappa shape index (κ2) is 6.80. The van der Waals surface area contributed by atoms with Crippen molar-refractivity contribution >= 4 is 5.91 Å². The summed E-state index contributed by atoms with van der Waals surface area (Å²) in [5.41, 5.74) is -0.400. The van der Waals surface area contributed by atoms with Crippen LogP contribution >= 0.6 is 0 Å². The van der Waals surface area contributed by atoms with Crippen LogP contribution in [0.5, 0.6) is 5.75 Å². The zero-order valence-corrected chi connectivity index (χ0v) is 13.1. The minimum Gasteiger partial charge on any atom is -0.478 e. The highest BCUT2D eigenvalue weighted by Crippen LogP contribution is 2.24. The van der Waals surface area contributed by atoms with Crippen molar-refractivity contribution in [3.05, 3.63) is 29.8 Å². The summed E-state index contributed by atoms with van der Waals surface area (Å²) in [7, 11) is 0. The molecule has 2 rings (SSSR count).